The SMILES string of the molecule is Cl[C-]1[Cl+][Cl+]1. The molecule has 0 N–H and O–H groups in total. The maximum atomic E-state index is 5.18. The highest BCUT2D eigenvalue weighted by Gasteiger charge is 2.54. The minimum Gasteiger partial charge on any atom is -0.191 e. The molecule has 0 aromatic heterocycles. The zero-order chi connectivity index (χ0) is 2.99. The second kappa shape index (κ2) is 0.925. The van der Waals surface area contributed by atoms with Gasteiger partial charge < -0.3 is 0 Å². The van der Waals surface area contributed by atoms with Crippen molar-refractivity contribution in [3.8, 4) is 0 Å². The largest absolute Gasteiger partial charge is 0.469 e. The predicted octanol–water partition coefficient (Wildman–Crippen LogP) is 0.771. The van der Waals surface area contributed by atoms with Gasteiger partial charge in [-0.3, -0.25) is 0 Å². The summed E-state index contributed by atoms with van der Waals surface area (Å²) in [6.07, 6.45) is 0. The minimum atomic E-state index is 0.861. The summed E-state index contributed by atoms with van der Waals surface area (Å²) in [6, 6.07) is 0. The van der Waals surface area contributed by atoms with Gasteiger partial charge in [-0.25, -0.2) is 0 Å². The van der Waals surface area contributed by atoms with Gasteiger partial charge in [-0.15, -0.1) is 0 Å². The lowest BCUT2D eigenvalue weighted by Crippen LogP contribution is -1.29. The van der Waals surface area contributed by atoms with Gasteiger partial charge in [0, 0.05) is 0 Å². The van der Waals surface area contributed by atoms with Crippen molar-refractivity contribution in [1.82, 2.24) is 0 Å². The maximum Gasteiger partial charge on any atom is 0.469 e. The van der Waals surface area contributed by atoms with Gasteiger partial charge >= 0.3 is 24.4 Å². The van der Waals surface area contributed by atoms with Crippen LogP contribution in [0.25, 0.3) is 0 Å². The molecule has 0 spiro atoms. The van der Waals surface area contributed by atoms with Crippen molar-refractivity contribution in [1.29, 1.82) is 0 Å². The highest BCUT2D eigenvalue weighted by molar-refractivity contribution is 6.24. The van der Waals surface area contributed by atoms with E-state index in [2.05, 4.69) is 0 Å². The average molecular weight is 118 g/mol. The van der Waals surface area contributed by atoms with E-state index < -0.39 is 0 Å². The quantitative estimate of drug-likeness (QED) is 0.412. The molecule has 0 atom stereocenters. The van der Waals surface area contributed by atoms with Gasteiger partial charge in [0.05, 0.1) is 0 Å². The summed E-state index contributed by atoms with van der Waals surface area (Å²) >= 11 is 5.18. The summed E-state index contributed by atoms with van der Waals surface area (Å²) < 4.78 is 0.861. The number of halogens is 3. The Morgan fingerprint density at radius 1 is 1.50 bits per heavy atom. The van der Waals surface area contributed by atoms with Crippen molar-refractivity contribution in [2.75, 3.05) is 0 Å². The van der Waals surface area contributed by atoms with Crippen molar-refractivity contribution in [2.45, 2.75) is 0 Å². The molecule has 0 radical (unpaired) electrons. The summed E-state index contributed by atoms with van der Waals surface area (Å²) in [4.78, 5) is 0. The molecule has 0 aromatic rings. The van der Waals surface area contributed by atoms with Crippen LogP contribution in [0.4, 0.5) is 0 Å². The van der Waals surface area contributed by atoms with Gasteiger partial charge in [0.15, 0.2) is 0 Å². The Morgan fingerprint density at radius 2 is 1.75 bits per heavy atom. The number of hydrogen-bond donors (Lipinski definition) is 0. The maximum absolute atomic E-state index is 5.18. The third-order valence-corrected chi connectivity index (χ3v) is 2.10. The van der Waals surface area contributed by atoms with E-state index in [0.717, 1.165) is 4.30 Å². The first-order valence-corrected chi connectivity index (χ1v) is 2.99. The van der Waals surface area contributed by atoms with E-state index in [1.807, 2.05) is 20.1 Å². The zero-order valence-electron chi connectivity index (χ0n) is 1.63. The molecular weight excluding hydrogens is 118 g/mol. The molecule has 0 aliphatic carbocycles. The molecule has 0 unspecified atom stereocenters. The monoisotopic (exact) mass is 117 g/mol. The average Bonchev–Trinajstić information content (AvgIpc) is 1.75. The van der Waals surface area contributed by atoms with Crippen LogP contribution in [0.5, 0.6) is 0 Å². The number of hydrogen-bond acceptors (Lipinski definition) is 0. The fourth-order valence-electron chi connectivity index (χ4n) is 0.0135. The zero-order valence-corrected chi connectivity index (χ0v) is 3.90. The van der Waals surface area contributed by atoms with E-state index >= 15 is 0 Å². The van der Waals surface area contributed by atoms with E-state index in [0.29, 0.717) is 0 Å². The molecule has 1 fully saturated rings. The van der Waals surface area contributed by atoms with Gasteiger partial charge in [-0.2, -0.15) is 11.6 Å². The van der Waals surface area contributed by atoms with Crippen LogP contribution in [0.1, 0.15) is 0 Å². The lowest BCUT2D eigenvalue weighted by atomic mass is 11.9. The number of rotatable bonds is 0. The lowest BCUT2D eigenvalue weighted by molar-refractivity contribution is -1.00. The Morgan fingerprint density at radius 3 is 1.75 bits per heavy atom. The van der Waals surface area contributed by atoms with Crippen LogP contribution < -0.4 is 0 Å². The van der Waals surface area contributed by atoms with Crippen LogP contribution in [0, 0.1) is 24.4 Å². The van der Waals surface area contributed by atoms with Gasteiger partial charge in [-0.1, -0.05) is 0 Å². The van der Waals surface area contributed by atoms with Crippen LogP contribution in [0.3, 0.4) is 0 Å². The Hall–Kier alpha value is 0.870. The molecule has 3 heteroatoms. The molecule has 1 aliphatic rings. The molecule has 1 saturated heterocycles. The second-order valence-corrected chi connectivity index (χ2v) is 3.21. The van der Waals surface area contributed by atoms with Crippen molar-refractivity contribution >= 4 is 11.6 Å². The molecule has 0 saturated carbocycles. The summed E-state index contributed by atoms with van der Waals surface area (Å²) in [5.41, 5.74) is 0. The Bertz CT molecular complexity index is 22.5. The van der Waals surface area contributed by atoms with Gasteiger partial charge in [0.2, 0.25) is 0 Å². The summed E-state index contributed by atoms with van der Waals surface area (Å²) in [5.74, 6) is 0. The molecular formula is CCl3+. The summed E-state index contributed by atoms with van der Waals surface area (Å²) in [7, 11) is 3.85. The lowest BCUT2D eigenvalue weighted by Gasteiger charge is -1.25. The fourth-order valence-corrected chi connectivity index (χ4v) is 0.364. The first-order valence-electron chi connectivity index (χ1n) is 0.710. The molecule has 1 rings (SSSR count). The van der Waals surface area contributed by atoms with Crippen molar-refractivity contribution in [3.05, 3.63) is 4.30 Å². The Kier molecular flexibility index (Phi) is 0.711. The molecule has 0 aromatic carbocycles. The molecule has 4 heavy (non-hydrogen) atoms. The second-order valence-electron chi connectivity index (χ2n) is 0.357. The van der Waals surface area contributed by atoms with Gasteiger partial charge in [-0.05, 0) is 0 Å². The fraction of sp³-hybridized carbons (Fsp3) is 0. The van der Waals surface area contributed by atoms with Crippen LogP contribution in [-0.2, 0) is 0 Å². The molecule has 0 nitrogen and oxygen atoms in total. The van der Waals surface area contributed by atoms with E-state index in [4.69, 9.17) is 11.6 Å². The first-order chi connectivity index (χ1) is 1.89. The van der Waals surface area contributed by atoms with E-state index in [1.54, 1.807) is 0 Å². The van der Waals surface area contributed by atoms with Crippen LogP contribution >= 0.6 is 11.6 Å². The highest BCUT2D eigenvalue weighted by Crippen LogP contribution is 2.28. The predicted molar refractivity (Wildman–Crippen MR) is 9.10 cm³/mol. The van der Waals surface area contributed by atoms with Gasteiger partial charge in [0.25, 0.3) is 0 Å². The van der Waals surface area contributed by atoms with Gasteiger partial charge in [0.1, 0.15) is 0 Å². The van der Waals surface area contributed by atoms with E-state index in [1.165, 1.54) is 0 Å². The molecule has 0 amide bonds. The molecule has 1 heterocycles. The van der Waals surface area contributed by atoms with Crippen LogP contribution in [-0.4, -0.2) is 0 Å². The van der Waals surface area contributed by atoms with E-state index in [-0.39, 0.29) is 0 Å². The smallest absolute Gasteiger partial charge is 0.191 e. The Labute approximate surface area is 36.5 Å². The van der Waals surface area contributed by atoms with Crippen molar-refractivity contribution in [2.24, 2.45) is 0 Å². The highest BCUT2D eigenvalue weighted by atomic mass is 36.5. The van der Waals surface area contributed by atoms with Crippen molar-refractivity contribution in [3.63, 3.8) is 0 Å². The summed E-state index contributed by atoms with van der Waals surface area (Å²) in [5, 5.41) is 0. The summed E-state index contributed by atoms with van der Waals surface area (Å²) in [6.45, 7) is 0. The topological polar surface area (TPSA) is 0 Å². The molecule has 24 valence electrons. The molecule has 1 aliphatic heterocycles. The Balaban J connectivity index is 2.17. The third-order valence-electron chi connectivity index (χ3n) is 0.125. The standard InChI is InChI=1S/CCl3/c2-1-3-4-1/q+1. The molecule has 0 bridgehead atoms. The minimum absolute atomic E-state index is 0.861. The van der Waals surface area contributed by atoms with Crippen LogP contribution in [0.15, 0.2) is 0 Å². The van der Waals surface area contributed by atoms with Crippen LogP contribution in [0.2, 0.25) is 0 Å². The third kappa shape index (κ3) is 0.670. The van der Waals surface area contributed by atoms with Crippen molar-refractivity contribution < 1.29 is 20.1 Å². The van der Waals surface area contributed by atoms with E-state index in [9.17, 15) is 0 Å². The normalized spacial score (nSPS) is 26.2. The first kappa shape index (κ1) is 3.08.